The van der Waals surface area contributed by atoms with E-state index >= 15 is 0 Å². The van der Waals surface area contributed by atoms with E-state index in [1.807, 2.05) is 34.8 Å². The fourth-order valence-electron chi connectivity index (χ4n) is 4.57. The van der Waals surface area contributed by atoms with Gasteiger partial charge in [-0.1, -0.05) is 30.3 Å². The smallest absolute Gasteiger partial charge is 0.485 e. The predicted octanol–water partition coefficient (Wildman–Crippen LogP) is 2.98. The first-order chi connectivity index (χ1) is 15.6. The second-order valence-corrected chi connectivity index (χ2v) is 9.50. The molecule has 3 aromatic rings. The van der Waals surface area contributed by atoms with Crippen LogP contribution in [0, 0.1) is 0 Å². The summed E-state index contributed by atoms with van der Waals surface area (Å²) in [7, 11) is -6.09. The molecule has 11 heteroatoms. The van der Waals surface area contributed by atoms with Crippen LogP contribution in [0.5, 0.6) is 0 Å². The third-order valence-corrected chi connectivity index (χ3v) is 6.57. The molecule has 1 N–H and O–H groups in total. The van der Waals surface area contributed by atoms with Crippen molar-refractivity contribution in [3.8, 4) is 11.4 Å². The average Bonchev–Trinajstić information content (AvgIpc) is 2.78. The maximum atomic E-state index is 13.0. The predicted molar refractivity (Wildman–Crippen MR) is 112 cm³/mol. The van der Waals surface area contributed by atoms with Gasteiger partial charge < -0.3 is 4.55 Å². The Labute approximate surface area is 188 Å². The molecule has 0 bridgehead atoms. The SMILES string of the molecule is O=S(=O)([O-])C(F)(F)F.O=c1[nH]c(-c2ccccc2)n[n+]2c3c(c4c(c12)CCCC4)CCCC3. The third kappa shape index (κ3) is 4.65. The first kappa shape index (κ1) is 23.4. The highest BCUT2D eigenvalue weighted by molar-refractivity contribution is 7.86. The van der Waals surface area contributed by atoms with Crippen LogP contribution in [0.1, 0.15) is 48.1 Å². The van der Waals surface area contributed by atoms with Gasteiger partial charge in [0.05, 0.1) is 0 Å². The lowest BCUT2D eigenvalue weighted by Gasteiger charge is -2.22. The Morgan fingerprint density at radius 3 is 2.06 bits per heavy atom. The van der Waals surface area contributed by atoms with Gasteiger partial charge in [0.25, 0.3) is 0 Å². The lowest BCUT2D eigenvalue weighted by Crippen LogP contribution is -2.43. The number of fused-ring (bicyclic) bond motifs is 6. The molecule has 0 unspecified atom stereocenters. The molecule has 0 amide bonds. The normalized spacial score (nSPS) is 15.9. The molecule has 0 spiro atoms. The molecule has 176 valence electrons. The number of pyridine rings is 1. The summed E-state index contributed by atoms with van der Waals surface area (Å²) in [4.78, 5) is 16.1. The number of aromatic amines is 1. The minimum Gasteiger partial charge on any atom is -0.741 e. The van der Waals surface area contributed by atoms with E-state index in [1.54, 1.807) is 0 Å². The van der Waals surface area contributed by atoms with E-state index in [9.17, 15) is 18.0 Å². The Hall–Kier alpha value is -2.79. The summed E-state index contributed by atoms with van der Waals surface area (Å²) in [6.07, 6.45) is 9.12. The summed E-state index contributed by atoms with van der Waals surface area (Å²) < 4.78 is 60.9. The van der Waals surface area contributed by atoms with Crippen molar-refractivity contribution < 1.29 is 30.7 Å². The van der Waals surface area contributed by atoms with Crippen molar-refractivity contribution in [1.29, 1.82) is 0 Å². The molecule has 2 heterocycles. The molecule has 2 aliphatic rings. The molecule has 2 aromatic heterocycles. The van der Waals surface area contributed by atoms with Crippen molar-refractivity contribution in [2.75, 3.05) is 0 Å². The van der Waals surface area contributed by atoms with Crippen LogP contribution >= 0.6 is 0 Å². The first-order valence-corrected chi connectivity index (χ1v) is 12.1. The van der Waals surface area contributed by atoms with Gasteiger partial charge >= 0.3 is 16.6 Å². The quantitative estimate of drug-likeness (QED) is 0.327. The minimum absolute atomic E-state index is 0.000349. The molecule has 2 aliphatic carbocycles. The Kier molecular flexibility index (Phi) is 6.28. The number of H-pyrrole nitrogens is 1. The van der Waals surface area contributed by atoms with E-state index in [2.05, 4.69) is 4.98 Å². The molecular formula is C22H22F3N3O4S. The van der Waals surface area contributed by atoms with Crippen LogP contribution in [-0.2, 0) is 35.8 Å². The van der Waals surface area contributed by atoms with E-state index in [0.717, 1.165) is 36.8 Å². The van der Waals surface area contributed by atoms with Gasteiger partial charge in [0.2, 0.25) is 11.5 Å². The maximum absolute atomic E-state index is 13.0. The molecule has 0 aliphatic heterocycles. The fourth-order valence-corrected chi connectivity index (χ4v) is 4.57. The number of nitrogens with zero attached hydrogens (tertiary/aromatic N) is 2. The highest BCUT2D eigenvalue weighted by Crippen LogP contribution is 2.31. The molecule has 7 nitrogen and oxygen atoms in total. The van der Waals surface area contributed by atoms with Crippen LogP contribution in [0.25, 0.3) is 16.9 Å². The molecule has 1 aromatic carbocycles. The molecule has 0 saturated carbocycles. The van der Waals surface area contributed by atoms with E-state index in [4.69, 9.17) is 18.1 Å². The highest BCUT2D eigenvalue weighted by Gasteiger charge is 2.37. The van der Waals surface area contributed by atoms with Gasteiger partial charge in [-0.05, 0) is 55.0 Å². The first-order valence-electron chi connectivity index (χ1n) is 10.7. The lowest BCUT2D eigenvalue weighted by molar-refractivity contribution is -0.591. The number of hydrogen-bond donors (Lipinski definition) is 1. The summed E-state index contributed by atoms with van der Waals surface area (Å²) in [6.45, 7) is 0. The van der Waals surface area contributed by atoms with E-state index in [-0.39, 0.29) is 5.56 Å². The topological polar surface area (TPSA) is 107 Å². The largest absolute Gasteiger partial charge is 0.741 e. The summed E-state index contributed by atoms with van der Waals surface area (Å²) in [5.74, 6) is 0.659. The van der Waals surface area contributed by atoms with E-state index in [1.165, 1.54) is 48.1 Å². The summed E-state index contributed by atoms with van der Waals surface area (Å²) in [6, 6.07) is 9.93. The lowest BCUT2D eigenvalue weighted by atomic mass is 9.83. The number of benzene rings is 1. The Morgan fingerprint density at radius 2 is 1.45 bits per heavy atom. The fraction of sp³-hybridized carbons (Fsp3) is 0.409. The second kappa shape index (κ2) is 8.86. The van der Waals surface area contributed by atoms with Crippen LogP contribution in [-0.4, -0.2) is 28.6 Å². The van der Waals surface area contributed by atoms with Gasteiger partial charge in [0.1, 0.15) is 0 Å². The molecule has 0 saturated heterocycles. The molecule has 0 atom stereocenters. The molecule has 5 rings (SSSR count). The van der Waals surface area contributed by atoms with Crippen molar-refractivity contribution in [2.45, 2.75) is 56.9 Å². The Morgan fingerprint density at radius 1 is 0.909 bits per heavy atom. The van der Waals surface area contributed by atoms with E-state index in [0.29, 0.717) is 5.82 Å². The van der Waals surface area contributed by atoms with Crippen molar-refractivity contribution in [1.82, 2.24) is 10.1 Å². The van der Waals surface area contributed by atoms with Crippen LogP contribution < -0.4 is 10.1 Å². The minimum atomic E-state index is -6.09. The van der Waals surface area contributed by atoms with Crippen LogP contribution in [0.3, 0.4) is 0 Å². The van der Waals surface area contributed by atoms with Gasteiger partial charge in [-0.25, -0.2) is 8.42 Å². The van der Waals surface area contributed by atoms with Crippen LogP contribution in [0.15, 0.2) is 35.1 Å². The molecule has 33 heavy (non-hydrogen) atoms. The summed E-state index contributed by atoms with van der Waals surface area (Å²) in [5.41, 5.74) is 1.56. The number of rotatable bonds is 1. The van der Waals surface area contributed by atoms with Gasteiger partial charge in [-0.3, -0.25) is 9.78 Å². The number of hydrogen-bond acceptors (Lipinski definition) is 5. The number of aryl methyl sites for hydroxylation is 2. The van der Waals surface area contributed by atoms with Crippen molar-refractivity contribution in [3.63, 3.8) is 0 Å². The monoisotopic (exact) mass is 481 g/mol. The Balaban J connectivity index is 0.000000281. The van der Waals surface area contributed by atoms with Gasteiger partial charge in [-0.15, -0.1) is 0 Å². The summed E-state index contributed by atoms with van der Waals surface area (Å²) >= 11 is 0. The molecule has 0 fully saturated rings. The maximum Gasteiger partial charge on any atom is 0.485 e. The van der Waals surface area contributed by atoms with Crippen LogP contribution in [0.2, 0.25) is 0 Å². The molecular weight excluding hydrogens is 459 g/mol. The van der Waals surface area contributed by atoms with Gasteiger partial charge in [0, 0.05) is 28.2 Å². The second-order valence-electron chi connectivity index (χ2n) is 8.13. The highest BCUT2D eigenvalue weighted by atomic mass is 32.2. The van der Waals surface area contributed by atoms with Crippen LogP contribution in [0.4, 0.5) is 13.2 Å². The number of nitrogens with one attached hydrogen (secondary N) is 1. The van der Waals surface area contributed by atoms with Gasteiger partial charge in [0.15, 0.2) is 10.1 Å². The van der Waals surface area contributed by atoms with Gasteiger partial charge in [-0.2, -0.15) is 13.2 Å². The zero-order valence-corrected chi connectivity index (χ0v) is 18.4. The number of halogens is 3. The molecule has 0 radical (unpaired) electrons. The van der Waals surface area contributed by atoms with Crippen molar-refractivity contribution >= 4 is 15.6 Å². The third-order valence-electron chi connectivity index (χ3n) is 6.00. The van der Waals surface area contributed by atoms with Crippen molar-refractivity contribution in [2.24, 2.45) is 0 Å². The average molecular weight is 481 g/mol. The standard InChI is InChI=1S/C21H21N3O.CHF3O3S/c25-21-19-17-12-5-4-10-15(17)16-11-6-7-13-18(16)24(19)23-20(22-21)14-8-2-1-3-9-14;2-1(3,4)8(5,6)7/h1-3,8-9H,4-7,10-13H2;(H,5,6,7). The summed E-state index contributed by atoms with van der Waals surface area (Å²) in [5, 5.41) is 4.89. The van der Waals surface area contributed by atoms with E-state index < -0.39 is 15.6 Å². The number of aromatic nitrogens is 3. The number of alkyl halides is 3. The Bertz CT molecular complexity index is 1350. The van der Waals surface area contributed by atoms with Crippen molar-refractivity contribution in [3.05, 3.63) is 63.1 Å². The zero-order chi connectivity index (χ0) is 23.8. The zero-order valence-electron chi connectivity index (χ0n) is 17.6.